The van der Waals surface area contributed by atoms with Gasteiger partial charge >= 0.3 is 17.6 Å². The van der Waals surface area contributed by atoms with E-state index in [1.54, 1.807) is 0 Å². The Kier molecular flexibility index (Phi) is 20.9. The van der Waals surface area contributed by atoms with Crippen LogP contribution in [-0.2, 0) is 9.47 Å². The van der Waals surface area contributed by atoms with Gasteiger partial charge in [-0.15, -0.1) is 0 Å². The van der Waals surface area contributed by atoms with Crippen molar-refractivity contribution < 1.29 is 19.1 Å². The predicted molar refractivity (Wildman–Crippen MR) is 155 cm³/mol. The molecule has 0 saturated heterocycles. The van der Waals surface area contributed by atoms with Gasteiger partial charge in [-0.1, -0.05) is 129 Å². The molecule has 0 unspecified atom stereocenters. The van der Waals surface area contributed by atoms with E-state index < -0.39 is 11.9 Å². The van der Waals surface area contributed by atoms with E-state index in [1.165, 1.54) is 108 Å². The highest BCUT2D eigenvalue weighted by Crippen LogP contribution is 2.20. The van der Waals surface area contributed by atoms with Gasteiger partial charge < -0.3 is 9.47 Å². The fourth-order valence-corrected chi connectivity index (χ4v) is 4.58. The Labute approximate surface area is 231 Å². The van der Waals surface area contributed by atoms with Crippen molar-refractivity contribution >= 4 is 17.6 Å². The summed E-state index contributed by atoms with van der Waals surface area (Å²) >= 11 is 0. The van der Waals surface area contributed by atoms with Gasteiger partial charge in [0.2, 0.25) is 5.39 Å². The lowest BCUT2D eigenvalue weighted by atomic mass is 10.1. The summed E-state index contributed by atoms with van der Waals surface area (Å²) in [6, 6.07) is 4.29. The van der Waals surface area contributed by atoms with Gasteiger partial charge in [-0.25, -0.2) is 9.59 Å². The SMILES string of the molecule is CCCCCCCCCCCCOC(=O)c1cc([N+]#N)cc(C(=O)OCCCCCCCCCCCC)c1. The summed E-state index contributed by atoms with van der Waals surface area (Å²) in [6.45, 7) is 5.15. The molecular weight excluding hydrogens is 476 g/mol. The molecule has 214 valence electrons. The van der Waals surface area contributed by atoms with Gasteiger partial charge in [0.1, 0.15) is 0 Å². The first-order chi connectivity index (χ1) is 18.6. The molecule has 1 rings (SSSR count). The largest absolute Gasteiger partial charge is 0.462 e. The van der Waals surface area contributed by atoms with Crippen LogP contribution in [0.25, 0.3) is 4.98 Å². The minimum atomic E-state index is -0.518. The zero-order chi connectivity index (χ0) is 27.7. The van der Waals surface area contributed by atoms with Crippen LogP contribution in [-0.4, -0.2) is 25.2 Å². The average Bonchev–Trinajstić information content (AvgIpc) is 2.94. The Hall–Kier alpha value is -2.42. The van der Waals surface area contributed by atoms with Crippen molar-refractivity contribution in [1.29, 1.82) is 5.39 Å². The van der Waals surface area contributed by atoms with Crippen molar-refractivity contribution in [2.45, 2.75) is 142 Å². The normalized spacial score (nSPS) is 10.8. The molecule has 0 atom stereocenters. The third-order valence-electron chi connectivity index (χ3n) is 6.97. The number of nitrogens with zero attached hydrogens (tertiary/aromatic N) is 2. The van der Waals surface area contributed by atoms with E-state index in [9.17, 15) is 15.0 Å². The molecule has 0 aliphatic heterocycles. The summed E-state index contributed by atoms with van der Waals surface area (Å²) < 4.78 is 10.8. The third-order valence-corrected chi connectivity index (χ3v) is 6.97. The van der Waals surface area contributed by atoms with Crippen LogP contribution in [0.4, 0.5) is 5.69 Å². The molecule has 38 heavy (non-hydrogen) atoms. The van der Waals surface area contributed by atoms with Crippen LogP contribution in [0.2, 0.25) is 0 Å². The van der Waals surface area contributed by atoms with Crippen LogP contribution in [0.5, 0.6) is 0 Å². The Morgan fingerprint density at radius 2 is 0.868 bits per heavy atom. The van der Waals surface area contributed by atoms with E-state index in [2.05, 4.69) is 18.8 Å². The number of carbonyl (C=O) groups is 2. The zero-order valence-electron chi connectivity index (χ0n) is 24.3. The van der Waals surface area contributed by atoms with Crippen LogP contribution >= 0.6 is 0 Å². The molecule has 0 radical (unpaired) electrons. The van der Waals surface area contributed by atoms with Gasteiger partial charge in [0, 0.05) is 12.1 Å². The monoisotopic (exact) mass is 529 g/mol. The second-order valence-electron chi connectivity index (χ2n) is 10.5. The molecule has 0 spiro atoms. The van der Waals surface area contributed by atoms with Gasteiger partial charge in [-0.3, -0.25) is 0 Å². The van der Waals surface area contributed by atoms with Crippen molar-refractivity contribution in [3.8, 4) is 0 Å². The standard InChI is InChI=1S/C32H53N2O4/c1-3-5-7-9-11-13-15-17-19-21-23-37-31(35)28-25-29(27-30(26-28)34-33)32(36)38-24-22-20-18-16-14-12-10-8-6-4-2/h25-27H,3-24H2,1-2H3/q+1. The first-order valence-corrected chi connectivity index (χ1v) is 15.5. The van der Waals surface area contributed by atoms with Crippen LogP contribution in [0.15, 0.2) is 18.2 Å². The Balaban J connectivity index is 2.26. The quantitative estimate of drug-likeness (QED) is 0.0755. The van der Waals surface area contributed by atoms with Gasteiger partial charge in [-0.2, -0.15) is 0 Å². The number of rotatable bonds is 24. The Morgan fingerprint density at radius 1 is 0.553 bits per heavy atom. The highest BCUT2D eigenvalue weighted by molar-refractivity contribution is 5.97. The van der Waals surface area contributed by atoms with Crippen molar-refractivity contribution in [2.24, 2.45) is 0 Å². The van der Waals surface area contributed by atoms with E-state index in [4.69, 9.17) is 9.47 Å². The fraction of sp³-hybridized carbons (Fsp3) is 0.750. The molecule has 6 nitrogen and oxygen atoms in total. The molecule has 0 heterocycles. The van der Waals surface area contributed by atoms with Gasteiger partial charge in [0.05, 0.1) is 24.3 Å². The van der Waals surface area contributed by atoms with Crippen LogP contribution in [0, 0.1) is 5.39 Å². The van der Waals surface area contributed by atoms with E-state index >= 15 is 0 Å². The van der Waals surface area contributed by atoms with Gasteiger partial charge in [0.15, 0.2) is 4.98 Å². The molecule has 0 saturated carbocycles. The maximum atomic E-state index is 12.5. The number of esters is 2. The summed E-state index contributed by atoms with van der Waals surface area (Å²) in [6.07, 6.45) is 24.2. The lowest BCUT2D eigenvalue weighted by Gasteiger charge is -2.07. The molecule has 1 aromatic carbocycles. The van der Waals surface area contributed by atoms with Crippen LogP contribution < -0.4 is 0 Å². The maximum absolute atomic E-state index is 12.5. The first kappa shape index (κ1) is 33.6. The summed E-state index contributed by atoms with van der Waals surface area (Å²) in [4.78, 5) is 28.2. The highest BCUT2D eigenvalue weighted by Gasteiger charge is 2.20. The predicted octanol–water partition coefficient (Wildman–Crippen LogP) is 10.3. The topological polar surface area (TPSA) is 80.8 Å². The number of hydrogen-bond donors (Lipinski definition) is 0. The minimum absolute atomic E-state index is 0.129. The van der Waals surface area contributed by atoms with E-state index in [0.717, 1.165) is 38.5 Å². The third kappa shape index (κ3) is 17.2. The highest BCUT2D eigenvalue weighted by atomic mass is 16.5. The fourth-order valence-electron chi connectivity index (χ4n) is 4.58. The number of benzene rings is 1. The Morgan fingerprint density at radius 3 is 1.18 bits per heavy atom. The van der Waals surface area contributed by atoms with Crippen molar-refractivity contribution in [1.82, 2.24) is 0 Å². The number of diazo groups is 1. The molecule has 6 heteroatoms. The molecular formula is C32H53N2O4+. The second-order valence-corrected chi connectivity index (χ2v) is 10.5. The van der Waals surface area contributed by atoms with Crippen LogP contribution in [0.3, 0.4) is 0 Å². The number of hydrogen-bond acceptors (Lipinski definition) is 5. The molecule has 0 N–H and O–H groups in total. The van der Waals surface area contributed by atoms with E-state index in [1.807, 2.05) is 0 Å². The summed E-state index contributed by atoms with van der Waals surface area (Å²) in [7, 11) is 0. The van der Waals surface area contributed by atoms with E-state index in [0.29, 0.717) is 13.2 Å². The molecule has 0 bridgehead atoms. The minimum Gasteiger partial charge on any atom is -0.462 e. The summed E-state index contributed by atoms with van der Waals surface area (Å²) in [5.74, 6) is -1.04. The molecule has 0 aliphatic rings. The van der Waals surface area contributed by atoms with Crippen molar-refractivity contribution in [3.05, 3.63) is 34.3 Å². The lowest BCUT2D eigenvalue weighted by Crippen LogP contribution is -2.10. The second kappa shape index (κ2) is 23.7. The van der Waals surface area contributed by atoms with Crippen molar-refractivity contribution in [3.63, 3.8) is 0 Å². The van der Waals surface area contributed by atoms with Crippen LogP contribution in [0.1, 0.15) is 163 Å². The van der Waals surface area contributed by atoms with Gasteiger partial charge in [-0.05, 0) is 18.9 Å². The molecule has 1 aromatic rings. The molecule has 0 amide bonds. The zero-order valence-corrected chi connectivity index (χ0v) is 24.3. The van der Waals surface area contributed by atoms with Crippen molar-refractivity contribution in [2.75, 3.05) is 13.2 Å². The lowest BCUT2D eigenvalue weighted by molar-refractivity contribution is 0.0496. The summed E-state index contributed by atoms with van der Waals surface area (Å²) in [5, 5.41) is 9.23. The number of unbranched alkanes of at least 4 members (excludes halogenated alkanes) is 18. The van der Waals surface area contributed by atoms with Gasteiger partial charge in [0.25, 0.3) is 0 Å². The average molecular weight is 530 g/mol. The smallest absolute Gasteiger partial charge is 0.386 e. The maximum Gasteiger partial charge on any atom is 0.386 e. The summed E-state index contributed by atoms with van der Waals surface area (Å²) in [5.41, 5.74) is 0.515. The molecule has 0 fully saturated rings. The van der Waals surface area contributed by atoms with E-state index in [-0.39, 0.29) is 16.8 Å². The number of carbonyl (C=O) groups excluding carboxylic acids is 2. The Bertz CT molecular complexity index is 747. The molecule has 0 aromatic heterocycles. The molecule has 0 aliphatic carbocycles. The first-order valence-electron chi connectivity index (χ1n) is 15.5. The number of ether oxygens (including phenoxy) is 2.